The zero-order chi connectivity index (χ0) is 17.8. The number of ether oxygens (including phenoxy) is 2. The van der Waals surface area contributed by atoms with Crippen LogP contribution in [0.2, 0.25) is 0 Å². The lowest BCUT2D eigenvalue weighted by Crippen LogP contribution is -2.29. The highest BCUT2D eigenvalue weighted by atomic mass is 32.2. The van der Waals surface area contributed by atoms with Gasteiger partial charge in [0.1, 0.15) is 13.2 Å². The lowest BCUT2D eigenvalue weighted by Gasteiger charge is -2.19. The van der Waals surface area contributed by atoms with E-state index in [0.29, 0.717) is 36.8 Å². The van der Waals surface area contributed by atoms with Crippen LogP contribution in [0.1, 0.15) is 13.3 Å². The molecule has 0 bridgehead atoms. The van der Waals surface area contributed by atoms with Gasteiger partial charge in [0, 0.05) is 11.8 Å². The maximum Gasteiger partial charge on any atom is 0.342 e. The number of carbonyl (C=O) groups excluding carboxylic acids is 1. The van der Waals surface area contributed by atoms with Crippen molar-refractivity contribution in [2.45, 2.75) is 23.6 Å². The van der Waals surface area contributed by atoms with Crippen molar-refractivity contribution in [1.29, 1.82) is 0 Å². The molecule has 3 rings (SSSR count). The molecule has 1 aliphatic rings. The summed E-state index contributed by atoms with van der Waals surface area (Å²) in [6.07, 6.45) is 0.474. The molecular weight excluding hydrogens is 348 g/mol. The molecule has 132 valence electrons. The topological polar surface area (TPSA) is 126 Å². The molecule has 3 N–H and O–H groups in total. The fourth-order valence-electron chi connectivity index (χ4n) is 2.22. The third kappa shape index (κ3) is 4.02. The second-order valence-corrected chi connectivity index (χ2v) is 6.37. The number of anilines is 1. The van der Waals surface area contributed by atoms with E-state index in [4.69, 9.17) is 9.47 Å². The lowest BCUT2D eigenvalue weighted by molar-refractivity contribution is -0.115. The maximum absolute atomic E-state index is 12.5. The summed E-state index contributed by atoms with van der Waals surface area (Å²) in [5.74, 6) is 0.926. The number of H-pyrrole nitrogens is 2. The summed E-state index contributed by atoms with van der Waals surface area (Å²) in [4.78, 5) is 37.3. The van der Waals surface area contributed by atoms with Crippen molar-refractivity contribution in [3.63, 3.8) is 0 Å². The van der Waals surface area contributed by atoms with Gasteiger partial charge in [0.05, 0.1) is 5.25 Å². The number of thioether (sulfide) groups is 1. The molecule has 0 saturated heterocycles. The first-order chi connectivity index (χ1) is 12.1. The molecule has 0 fully saturated rings. The number of rotatable bonds is 5. The van der Waals surface area contributed by atoms with Gasteiger partial charge in [0.2, 0.25) is 5.91 Å². The fourth-order valence-corrected chi connectivity index (χ4v) is 3.08. The number of carbonyl (C=O) groups is 1. The summed E-state index contributed by atoms with van der Waals surface area (Å²) in [5, 5.41) is 8.10. The minimum absolute atomic E-state index is 0.0313. The summed E-state index contributed by atoms with van der Waals surface area (Å²) in [6.45, 7) is 2.77. The molecule has 1 amide bonds. The van der Waals surface area contributed by atoms with Crippen LogP contribution < -0.4 is 26.0 Å². The summed E-state index contributed by atoms with van der Waals surface area (Å²) >= 11 is 0.987. The van der Waals surface area contributed by atoms with Crippen molar-refractivity contribution >= 4 is 23.4 Å². The van der Waals surface area contributed by atoms with E-state index in [1.807, 2.05) is 6.92 Å². The molecule has 9 nitrogen and oxygen atoms in total. The lowest BCUT2D eigenvalue weighted by atomic mass is 10.2. The van der Waals surface area contributed by atoms with Gasteiger partial charge in [-0.25, -0.2) is 9.89 Å². The molecule has 1 aromatic carbocycles. The van der Waals surface area contributed by atoms with Crippen molar-refractivity contribution in [2.75, 3.05) is 18.5 Å². The summed E-state index contributed by atoms with van der Waals surface area (Å²) in [5.41, 5.74) is -0.751. The maximum atomic E-state index is 12.5. The van der Waals surface area contributed by atoms with Crippen LogP contribution in [0.25, 0.3) is 0 Å². The van der Waals surface area contributed by atoms with E-state index < -0.39 is 16.5 Å². The number of fused-ring (bicyclic) bond motifs is 1. The van der Waals surface area contributed by atoms with E-state index in [0.717, 1.165) is 11.8 Å². The molecule has 0 aliphatic carbocycles. The molecule has 1 atom stereocenters. The third-order valence-corrected chi connectivity index (χ3v) is 4.74. The van der Waals surface area contributed by atoms with Crippen LogP contribution in [0.5, 0.6) is 11.5 Å². The number of hydrogen-bond acceptors (Lipinski definition) is 7. The number of hydrogen-bond donors (Lipinski definition) is 3. The Bertz CT molecular complexity index is 894. The standard InChI is InChI=1S/C15H16N4O5S/c1-2-11(25-14-13(21)17-15(22)19-18-14)12(20)16-8-3-4-9-10(7-8)24-6-5-23-9/h3-4,7,11H,2,5-6H2,1H3,(H,16,20)(H2,17,19,21,22)/t11-/m1/s1. The third-order valence-electron chi connectivity index (χ3n) is 3.41. The molecule has 1 aromatic heterocycles. The zero-order valence-corrected chi connectivity index (χ0v) is 14.1. The van der Waals surface area contributed by atoms with Gasteiger partial charge in [-0.2, -0.15) is 5.10 Å². The Kier molecular flexibility index (Phi) is 5.08. The van der Waals surface area contributed by atoms with Crippen LogP contribution in [0.4, 0.5) is 5.69 Å². The van der Waals surface area contributed by atoms with E-state index in [1.54, 1.807) is 18.2 Å². The van der Waals surface area contributed by atoms with Gasteiger partial charge in [0.15, 0.2) is 16.5 Å². The van der Waals surface area contributed by atoms with Crippen LogP contribution in [-0.4, -0.2) is 39.6 Å². The Morgan fingerprint density at radius 3 is 2.80 bits per heavy atom. The Morgan fingerprint density at radius 2 is 2.08 bits per heavy atom. The molecular formula is C15H16N4O5S. The molecule has 25 heavy (non-hydrogen) atoms. The SMILES string of the molecule is CC[C@@H](Sc1n[nH]c(=O)[nH]c1=O)C(=O)Nc1ccc2c(c1)OCCO2. The predicted molar refractivity (Wildman–Crippen MR) is 91.5 cm³/mol. The molecule has 0 radical (unpaired) electrons. The Balaban J connectivity index is 1.72. The predicted octanol–water partition coefficient (Wildman–Crippen LogP) is 0.739. The van der Waals surface area contributed by atoms with E-state index in [9.17, 15) is 14.4 Å². The van der Waals surface area contributed by atoms with Crippen LogP contribution in [0.3, 0.4) is 0 Å². The van der Waals surface area contributed by atoms with Gasteiger partial charge in [-0.1, -0.05) is 18.7 Å². The molecule has 2 heterocycles. The molecule has 0 unspecified atom stereocenters. The number of aromatic nitrogens is 3. The molecule has 2 aromatic rings. The van der Waals surface area contributed by atoms with Crippen molar-refractivity contribution in [3.8, 4) is 11.5 Å². The van der Waals surface area contributed by atoms with E-state index in [-0.39, 0.29) is 10.9 Å². The van der Waals surface area contributed by atoms with Gasteiger partial charge in [-0.15, -0.1) is 0 Å². The van der Waals surface area contributed by atoms with Gasteiger partial charge in [0.25, 0.3) is 5.56 Å². The van der Waals surface area contributed by atoms with Crippen LogP contribution in [0.15, 0.2) is 32.8 Å². The summed E-state index contributed by atoms with van der Waals surface area (Å²) in [6, 6.07) is 5.13. The normalized spacial score (nSPS) is 14.0. The minimum atomic E-state index is -0.692. The largest absolute Gasteiger partial charge is 0.486 e. The first kappa shape index (κ1) is 17.1. The van der Waals surface area contributed by atoms with Crippen molar-refractivity contribution in [1.82, 2.24) is 15.2 Å². The Labute approximate surface area is 146 Å². The van der Waals surface area contributed by atoms with Gasteiger partial charge < -0.3 is 14.8 Å². The van der Waals surface area contributed by atoms with Crippen molar-refractivity contribution in [2.24, 2.45) is 0 Å². The van der Waals surface area contributed by atoms with Crippen molar-refractivity contribution < 1.29 is 14.3 Å². The number of amides is 1. The van der Waals surface area contributed by atoms with Crippen LogP contribution in [-0.2, 0) is 4.79 Å². The first-order valence-electron chi connectivity index (χ1n) is 7.63. The van der Waals surface area contributed by atoms with E-state index in [1.165, 1.54) is 0 Å². The minimum Gasteiger partial charge on any atom is -0.486 e. The number of benzene rings is 1. The second kappa shape index (κ2) is 7.43. The summed E-state index contributed by atoms with van der Waals surface area (Å²) in [7, 11) is 0. The number of aromatic amines is 2. The molecule has 1 aliphatic heterocycles. The average molecular weight is 364 g/mol. The monoisotopic (exact) mass is 364 g/mol. The fraction of sp³-hybridized carbons (Fsp3) is 0.333. The Hall–Kier alpha value is -2.75. The van der Waals surface area contributed by atoms with Gasteiger partial charge in [-0.3, -0.25) is 14.6 Å². The first-order valence-corrected chi connectivity index (χ1v) is 8.51. The second-order valence-electron chi connectivity index (χ2n) is 5.17. The quantitative estimate of drug-likeness (QED) is 0.668. The van der Waals surface area contributed by atoms with Gasteiger partial charge in [-0.05, 0) is 18.6 Å². The van der Waals surface area contributed by atoms with E-state index in [2.05, 4.69) is 20.5 Å². The highest BCUT2D eigenvalue weighted by Crippen LogP contribution is 2.33. The van der Waals surface area contributed by atoms with Crippen LogP contribution in [0, 0.1) is 0 Å². The number of nitrogens with one attached hydrogen (secondary N) is 3. The van der Waals surface area contributed by atoms with Crippen LogP contribution >= 0.6 is 11.8 Å². The molecule has 0 spiro atoms. The average Bonchev–Trinajstić information content (AvgIpc) is 2.61. The highest BCUT2D eigenvalue weighted by molar-refractivity contribution is 8.00. The molecule has 10 heteroatoms. The molecule has 0 saturated carbocycles. The van der Waals surface area contributed by atoms with E-state index >= 15 is 0 Å². The van der Waals surface area contributed by atoms with Gasteiger partial charge >= 0.3 is 5.69 Å². The van der Waals surface area contributed by atoms with Crippen molar-refractivity contribution in [3.05, 3.63) is 39.0 Å². The summed E-state index contributed by atoms with van der Waals surface area (Å²) < 4.78 is 10.9. The Morgan fingerprint density at radius 1 is 1.32 bits per heavy atom. The highest BCUT2D eigenvalue weighted by Gasteiger charge is 2.21. The zero-order valence-electron chi connectivity index (χ0n) is 13.3. The smallest absolute Gasteiger partial charge is 0.342 e. The number of nitrogens with zero attached hydrogens (tertiary/aromatic N) is 1.